The Kier molecular flexibility index (Phi) is 2.69. The molecule has 1 unspecified atom stereocenters. The molecule has 0 aromatic rings. The predicted octanol–water partition coefficient (Wildman–Crippen LogP) is 3.64. The molecule has 0 saturated heterocycles. The van der Waals surface area contributed by atoms with Gasteiger partial charge in [-0.1, -0.05) is 42.5 Å². The van der Waals surface area contributed by atoms with E-state index < -0.39 is 0 Å². The van der Waals surface area contributed by atoms with Crippen molar-refractivity contribution in [2.75, 3.05) is 0 Å². The van der Waals surface area contributed by atoms with Crippen molar-refractivity contribution in [3.05, 3.63) is 48.1 Å². The maximum atomic E-state index is 3.98. The van der Waals surface area contributed by atoms with Crippen molar-refractivity contribution in [1.82, 2.24) is 0 Å². The fourth-order valence-corrected chi connectivity index (χ4v) is 1.55. The van der Waals surface area contributed by atoms with Crippen LogP contribution >= 0.6 is 0 Å². The Labute approximate surface area is 75.0 Å². The van der Waals surface area contributed by atoms with Gasteiger partial charge in [-0.3, -0.25) is 0 Å². The largest absolute Gasteiger partial charge is 0.0995 e. The van der Waals surface area contributed by atoms with Crippen LogP contribution in [0.3, 0.4) is 0 Å². The summed E-state index contributed by atoms with van der Waals surface area (Å²) in [6.45, 7) is 12.0. The normalized spacial score (nSPS) is 22.7. The lowest BCUT2D eigenvalue weighted by atomic mass is 9.84. The van der Waals surface area contributed by atoms with Crippen LogP contribution in [0.4, 0.5) is 0 Å². The van der Waals surface area contributed by atoms with E-state index in [9.17, 15) is 0 Å². The lowest BCUT2D eigenvalue weighted by Gasteiger charge is -2.20. The average molecular weight is 160 g/mol. The zero-order valence-electron chi connectivity index (χ0n) is 7.93. The molecule has 0 N–H and O–H groups in total. The van der Waals surface area contributed by atoms with E-state index in [1.54, 1.807) is 0 Å². The summed E-state index contributed by atoms with van der Waals surface area (Å²) in [7, 11) is 0. The minimum absolute atomic E-state index is 0.492. The van der Waals surface area contributed by atoms with Gasteiger partial charge < -0.3 is 0 Å². The molecule has 1 aliphatic rings. The molecule has 0 bridgehead atoms. The Bertz CT molecular complexity index is 264. The summed E-state index contributed by atoms with van der Waals surface area (Å²) in [6.07, 6.45) is 7.47. The number of allylic oxidation sites excluding steroid dienone is 6. The molecule has 0 saturated carbocycles. The van der Waals surface area contributed by atoms with E-state index in [0.29, 0.717) is 5.92 Å². The Morgan fingerprint density at radius 1 is 1.67 bits per heavy atom. The summed E-state index contributed by atoms with van der Waals surface area (Å²) in [5.74, 6) is 0.492. The minimum Gasteiger partial charge on any atom is -0.0995 e. The maximum Gasteiger partial charge on any atom is 0.00773 e. The summed E-state index contributed by atoms with van der Waals surface area (Å²) in [5.41, 5.74) is 3.87. The van der Waals surface area contributed by atoms with Crippen LogP contribution in [0.2, 0.25) is 0 Å². The molecule has 0 fully saturated rings. The Morgan fingerprint density at radius 2 is 2.33 bits per heavy atom. The van der Waals surface area contributed by atoms with E-state index in [0.717, 1.165) is 6.42 Å². The Hall–Kier alpha value is -1.04. The topological polar surface area (TPSA) is 0 Å². The van der Waals surface area contributed by atoms with Crippen molar-refractivity contribution >= 4 is 0 Å². The van der Waals surface area contributed by atoms with Gasteiger partial charge in [0.25, 0.3) is 0 Å². The van der Waals surface area contributed by atoms with E-state index in [-0.39, 0.29) is 0 Å². The third-order valence-corrected chi connectivity index (χ3v) is 2.30. The van der Waals surface area contributed by atoms with Crippen molar-refractivity contribution in [3.8, 4) is 0 Å². The zero-order valence-corrected chi connectivity index (χ0v) is 7.93. The number of rotatable bonds is 2. The standard InChI is InChI=1S/C12H16/c1-5-11-8-10(4)6-7-12(11)9(2)3/h5-6,8,12H,1-2,7H2,3-4H3. The van der Waals surface area contributed by atoms with E-state index in [2.05, 4.69) is 39.2 Å². The molecule has 0 spiro atoms. The van der Waals surface area contributed by atoms with Gasteiger partial charge >= 0.3 is 0 Å². The quantitative estimate of drug-likeness (QED) is 0.541. The zero-order chi connectivity index (χ0) is 9.14. The van der Waals surface area contributed by atoms with Gasteiger partial charge in [-0.2, -0.15) is 0 Å². The molecule has 1 rings (SSSR count). The van der Waals surface area contributed by atoms with Crippen LogP contribution in [0.15, 0.2) is 48.1 Å². The van der Waals surface area contributed by atoms with Gasteiger partial charge in [-0.25, -0.2) is 0 Å². The van der Waals surface area contributed by atoms with Crippen molar-refractivity contribution < 1.29 is 0 Å². The molecule has 1 atom stereocenters. The highest BCUT2D eigenvalue weighted by Crippen LogP contribution is 2.29. The molecular formula is C12H16. The summed E-state index contributed by atoms with van der Waals surface area (Å²) >= 11 is 0. The third kappa shape index (κ3) is 1.76. The molecule has 64 valence electrons. The van der Waals surface area contributed by atoms with Gasteiger partial charge in [-0.05, 0) is 25.8 Å². The van der Waals surface area contributed by atoms with E-state index >= 15 is 0 Å². The van der Waals surface area contributed by atoms with Crippen LogP contribution in [0.1, 0.15) is 20.3 Å². The Balaban J connectivity index is 2.91. The van der Waals surface area contributed by atoms with Crippen molar-refractivity contribution in [2.45, 2.75) is 20.3 Å². The maximum absolute atomic E-state index is 3.98. The van der Waals surface area contributed by atoms with Gasteiger partial charge in [0.05, 0.1) is 0 Å². The minimum atomic E-state index is 0.492. The number of hydrogen-bond acceptors (Lipinski definition) is 0. The van der Waals surface area contributed by atoms with Crippen molar-refractivity contribution in [1.29, 1.82) is 0 Å². The molecule has 0 heteroatoms. The summed E-state index contributed by atoms with van der Waals surface area (Å²) in [6, 6.07) is 0. The molecule has 0 radical (unpaired) electrons. The van der Waals surface area contributed by atoms with Crippen LogP contribution in [-0.4, -0.2) is 0 Å². The number of hydrogen-bond donors (Lipinski definition) is 0. The summed E-state index contributed by atoms with van der Waals surface area (Å²) in [4.78, 5) is 0. The molecule has 0 aromatic heterocycles. The first kappa shape index (κ1) is 9.05. The molecular weight excluding hydrogens is 144 g/mol. The Morgan fingerprint density at radius 3 is 2.83 bits per heavy atom. The second-order valence-corrected chi connectivity index (χ2v) is 3.43. The average Bonchev–Trinajstić information content (AvgIpc) is 2.03. The van der Waals surface area contributed by atoms with Crippen LogP contribution in [-0.2, 0) is 0 Å². The van der Waals surface area contributed by atoms with Gasteiger partial charge in [0, 0.05) is 5.92 Å². The summed E-state index contributed by atoms with van der Waals surface area (Å²) in [5, 5.41) is 0. The molecule has 0 heterocycles. The SMILES string of the molecule is C=CC1=CC(C)=CCC1C(=C)C. The lowest BCUT2D eigenvalue weighted by molar-refractivity contribution is 0.731. The van der Waals surface area contributed by atoms with Crippen molar-refractivity contribution in [2.24, 2.45) is 5.92 Å². The van der Waals surface area contributed by atoms with Crippen LogP contribution in [0, 0.1) is 5.92 Å². The summed E-state index contributed by atoms with van der Waals surface area (Å²) < 4.78 is 0. The predicted molar refractivity (Wildman–Crippen MR) is 55.0 cm³/mol. The molecule has 0 nitrogen and oxygen atoms in total. The van der Waals surface area contributed by atoms with E-state index in [1.165, 1.54) is 16.7 Å². The second-order valence-electron chi connectivity index (χ2n) is 3.43. The van der Waals surface area contributed by atoms with E-state index in [4.69, 9.17) is 0 Å². The first-order chi connectivity index (χ1) is 5.65. The van der Waals surface area contributed by atoms with Gasteiger partial charge in [0.15, 0.2) is 0 Å². The van der Waals surface area contributed by atoms with Gasteiger partial charge in [-0.15, -0.1) is 0 Å². The van der Waals surface area contributed by atoms with Crippen LogP contribution < -0.4 is 0 Å². The van der Waals surface area contributed by atoms with E-state index in [1.807, 2.05) is 6.08 Å². The van der Waals surface area contributed by atoms with Gasteiger partial charge in [0.2, 0.25) is 0 Å². The van der Waals surface area contributed by atoms with Crippen LogP contribution in [0.25, 0.3) is 0 Å². The highest BCUT2D eigenvalue weighted by molar-refractivity contribution is 5.38. The molecule has 1 aliphatic carbocycles. The third-order valence-electron chi connectivity index (χ3n) is 2.30. The first-order valence-electron chi connectivity index (χ1n) is 4.31. The molecule has 0 aliphatic heterocycles. The highest BCUT2D eigenvalue weighted by atomic mass is 14.2. The monoisotopic (exact) mass is 160 g/mol. The van der Waals surface area contributed by atoms with Crippen molar-refractivity contribution in [3.63, 3.8) is 0 Å². The lowest BCUT2D eigenvalue weighted by Crippen LogP contribution is -2.06. The molecule has 0 aromatic carbocycles. The fourth-order valence-electron chi connectivity index (χ4n) is 1.55. The fraction of sp³-hybridized carbons (Fsp3) is 0.333. The van der Waals surface area contributed by atoms with Gasteiger partial charge in [0.1, 0.15) is 0 Å². The smallest absolute Gasteiger partial charge is 0.00773 e. The molecule has 0 amide bonds. The molecule has 12 heavy (non-hydrogen) atoms. The first-order valence-corrected chi connectivity index (χ1v) is 4.31. The van der Waals surface area contributed by atoms with Crippen LogP contribution in [0.5, 0.6) is 0 Å². The highest BCUT2D eigenvalue weighted by Gasteiger charge is 2.14. The second kappa shape index (κ2) is 3.57.